The Labute approximate surface area is 249 Å². The third-order valence-electron chi connectivity index (χ3n) is 6.70. The Morgan fingerprint density at radius 3 is 2.40 bits per heavy atom. The molecule has 0 aliphatic carbocycles. The highest BCUT2D eigenvalue weighted by Gasteiger charge is 2.61. The number of alkyl halides is 1. The van der Waals surface area contributed by atoms with Crippen molar-refractivity contribution in [2.75, 3.05) is 32.4 Å². The maximum absolute atomic E-state index is 15.1. The van der Waals surface area contributed by atoms with Crippen LogP contribution in [0.2, 0.25) is 0 Å². The van der Waals surface area contributed by atoms with Gasteiger partial charge in [-0.25, -0.2) is 13.9 Å². The molecule has 0 aromatic carbocycles. The molecule has 14 nitrogen and oxygen atoms in total. The van der Waals surface area contributed by atoms with Crippen LogP contribution in [0.4, 0.5) is 10.2 Å². The second-order valence-corrected chi connectivity index (χ2v) is 11.8. The second kappa shape index (κ2) is 13.9. The molecule has 240 valence electrons. The molecule has 3 rings (SSSR count). The Bertz CT molecular complexity index is 1280. The molecule has 1 saturated heterocycles. The first-order valence-electron chi connectivity index (χ1n) is 14.0. The number of aromatic nitrogens is 3. The van der Waals surface area contributed by atoms with Gasteiger partial charge >= 0.3 is 17.9 Å². The van der Waals surface area contributed by atoms with Gasteiger partial charge in [0.1, 0.15) is 37.3 Å². The first-order chi connectivity index (χ1) is 20.1. The summed E-state index contributed by atoms with van der Waals surface area (Å²) in [5, 5.41) is 16.8. The van der Waals surface area contributed by atoms with Crippen molar-refractivity contribution in [3.8, 4) is 0 Å². The van der Waals surface area contributed by atoms with E-state index in [1.54, 1.807) is 39.8 Å². The number of ether oxygens (including phenoxy) is 5. The number of carbonyl (C=O) groups excluding carboxylic acids is 3. The molecule has 1 aliphatic rings. The van der Waals surface area contributed by atoms with E-state index >= 15 is 4.39 Å². The van der Waals surface area contributed by atoms with E-state index in [0.717, 1.165) is 0 Å². The van der Waals surface area contributed by atoms with Gasteiger partial charge in [0.25, 0.3) is 0 Å². The summed E-state index contributed by atoms with van der Waals surface area (Å²) < 4.78 is 45.2. The summed E-state index contributed by atoms with van der Waals surface area (Å²) in [5.41, 5.74) is 3.68. The van der Waals surface area contributed by atoms with Crippen molar-refractivity contribution < 1.29 is 47.6 Å². The largest absolute Gasteiger partial charge is 0.461 e. The lowest BCUT2D eigenvalue weighted by Gasteiger charge is -2.32. The number of esters is 3. The minimum atomic E-state index is -1.91. The molecule has 43 heavy (non-hydrogen) atoms. The molecule has 3 heterocycles. The Morgan fingerprint density at radius 1 is 1.14 bits per heavy atom. The van der Waals surface area contributed by atoms with Crippen LogP contribution in [-0.2, 0) is 38.1 Å². The van der Waals surface area contributed by atoms with Crippen molar-refractivity contribution in [2.24, 2.45) is 11.8 Å². The number of halogens is 1. The fourth-order valence-electron chi connectivity index (χ4n) is 4.22. The molecule has 0 saturated carbocycles. The predicted molar refractivity (Wildman–Crippen MR) is 150 cm³/mol. The van der Waals surface area contributed by atoms with Crippen molar-refractivity contribution in [3.63, 3.8) is 0 Å². The molecule has 15 heteroatoms. The lowest BCUT2D eigenvalue weighted by atomic mass is 9.95. The van der Waals surface area contributed by atoms with Crippen molar-refractivity contribution in [1.29, 1.82) is 0 Å². The molecule has 5 atom stereocenters. The van der Waals surface area contributed by atoms with Gasteiger partial charge in [-0.15, -0.1) is 0 Å². The number of fused-ring (bicyclic) bond motifs is 1. The van der Waals surface area contributed by atoms with E-state index in [-0.39, 0.29) is 19.2 Å². The number of nitrogens with two attached hydrogens (primary N) is 1. The summed E-state index contributed by atoms with van der Waals surface area (Å²) in [6.07, 6.45) is -2.61. The molecule has 4 N–H and O–H groups in total. The van der Waals surface area contributed by atoms with Gasteiger partial charge in [0.15, 0.2) is 23.6 Å². The maximum atomic E-state index is 15.1. The summed E-state index contributed by atoms with van der Waals surface area (Å²) in [6, 6.07) is 2.44. The third-order valence-corrected chi connectivity index (χ3v) is 6.70. The van der Waals surface area contributed by atoms with Gasteiger partial charge in [0.2, 0.25) is 0 Å². The van der Waals surface area contributed by atoms with Gasteiger partial charge in [-0.2, -0.15) is 5.10 Å². The lowest BCUT2D eigenvalue weighted by Crippen LogP contribution is -2.53. The number of anilines is 1. The third kappa shape index (κ3) is 8.16. The molecule has 2 aromatic heterocycles. The van der Waals surface area contributed by atoms with E-state index in [9.17, 15) is 19.5 Å². The van der Waals surface area contributed by atoms with Gasteiger partial charge in [-0.05, 0) is 32.9 Å². The summed E-state index contributed by atoms with van der Waals surface area (Å²) in [7, 11) is 0. The van der Waals surface area contributed by atoms with Gasteiger partial charge in [-0.3, -0.25) is 19.7 Å². The summed E-state index contributed by atoms with van der Waals surface area (Å²) >= 11 is 0. The lowest BCUT2D eigenvalue weighted by molar-refractivity contribution is -0.182. The number of aliphatic hydroxyl groups is 1. The van der Waals surface area contributed by atoms with Crippen LogP contribution in [0.3, 0.4) is 0 Å². The number of rotatable bonds is 14. The van der Waals surface area contributed by atoms with Crippen LogP contribution in [0.25, 0.3) is 5.52 Å². The molecule has 0 amide bonds. The van der Waals surface area contributed by atoms with Gasteiger partial charge in [-0.1, -0.05) is 27.7 Å². The van der Waals surface area contributed by atoms with Crippen LogP contribution in [-0.4, -0.2) is 93.7 Å². The SMILES string of the molecule is CC(C)C(=O)O[C@H]1[C@H](c2ccc3c(N)ncnn23)O[C@](CF)(COCN[C@@H](C)C(=O)OCC(C)(C)O)[C@H]1OC(=O)C(C)C. The number of hydrogen-bond acceptors (Lipinski definition) is 13. The number of nitrogens with one attached hydrogen (secondary N) is 1. The first kappa shape index (κ1) is 34.1. The van der Waals surface area contributed by atoms with Crippen LogP contribution < -0.4 is 11.1 Å². The van der Waals surface area contributed by atoms with Crippen molar-refractivity contribution in [2.45, 2.75) is 84.0 Å². The molecule has 2 aromatic rings. The van der Waals surface area contributed by atoms with Crippen molar-refractivity contribution in [3.05, 3.63) is 24.2 Å². The highest BCUT2D eigenvalue weighted by atomic mass is 19.1. The molecule has 1 fully saturated rings. The van der Waals surface area contributed by atoms with Crippen LogP contribution in [0.5, 0.6) is 0 Å². The molecule has 0 bridgehead atoms. The highest BCUT2D eigenvalue weighted by Crippen LogP contribution is 2.45. The van der Waals surface area contributed by atoms with Crippen molar-refractivity contribution in [1.82, 2.24) is 19.9 Å². The topological polar surface area (TPSA) is 186 Å². The zero-order valence-corrected chi connectivity index (χ0v) is 25.5. The molecule has 1 aliphatic heterocycles. The molecular weight excluding hydrogens is 569 g/mol. The van der Waals surface area contributed by atoms with Gasteiger partial charge < -0.3 is 34.5 Å². The summed E-state index contributed by atoms with van der Waals surface area (Å²) in [5.74, 6) is -2.87. The standard InChI is InChI=1S/C28H42FN5O9/c1-15(2)24(35)41-21-20(18-8-9-19-23(30)31-13-33-34(18)19)43-28(10-29,22(21)42-25(36)16(3)4)12-39-14-32-17(5)26(37)40-11-27(6,7)38/h8-9,13,15-17,20-22,32,38H,10-12,14H2,1-7H3,(H2,30,31,33)/t17-,20-,21-,22-,28+/m0/s1. The smallest absolute Gasteiger partial charge is 0.323 e. The van der Waals surface area contributed by atoms with E-state index in [4.69, 9.17) is 29.4 Å². The number of nitrogens with zero attached hydrogens (tertiary/aromatic N) is 3. The monoisotopic (exact) mass is 611 g/mol. The molecule has 0 unspecified atom stereocenters. The first-order valence-corrected chi connectivity index (χ1v) is 14.0. The Morgan fingerprint density at radius 2 is 1.79 bits per heavy atom. The van der Waals surface area contributed by atoms with E-state index in [1.165, 1.54) is 31.6 Å². The number of hydrogen-bond donors (Lipinski definition) is 3. The summed E-state index contributed by atoms with van der Waals surface area (Å²) in [6.45, 7) is 8.94. The second-order valence-electron chi connectivity index (χ2n) is 11.8. The molecular formula is C28H42FN5O9. The Kier molecular flexibility index (Phi) is 11.0. The van der Waals surface area contributed by atoms with Crippen LogP contribution in [0.1, 0.15) is 60.3 Å². The highest BCUT2D eigenvalue weighted by molar-refractivity contribution is 5.75. The number of nitrogen functional groups attached to an aromatic ring is 1. The Hall–Kier alpha value is -3.40. The van der Waals surface area contributed by atoms with E-state index in [0.29, 0.717) is 11.2 Å². The van der Waals surface area contributed by atoms with E-state index in [2.05, 4.69) is 15.4 Å². The van der Waals surface area contributed by atoms with Crippen LogP contribution in [0.15, 0.2) is 18.5 Å². The van der Waals surface area contributed by atoms with Crippen LogP contribution in [0, 0.1) is 11.8 Å². The minimum Gasteiger partial charge on any atom is -0.461 e. The zero-order chi connectivity index (χ0) is 32.1. The van der Waals surface area contributed by atoms with E-state index in [1.807, 2.05) is 0 Å². The fraction of sp³-hybridized carbons (Fsp3) is 0.679. The van der Waals surface area contributed by atoms with Gasteiger partial charge in [0, 0.05) is 0 Å². The molecule has 0 spiro atoms. The molecule has 0 radical (unpaired) electrons. The van der Waals surface area contributed by atoms with E-state index < -0.39 is 78.6 Å². The maximum Gasteiger partial charge on any atom is 0.323 e. The quantitative estimate of drug-likeness (QED) is 0.121. The average Bonchev–Trinajstić information content (AvgIpc) is 3.49. The predicted octanol–water partition coefficient (Wildman–Crippen LogP) is 1.49. The average molecular weight is 612 g/mol. The number of carbonyl (C=O) groups is 3. The normalized spacial score (nSPS) is 23.1. The fourth-order valence-corrected chi connectivity index (χ4v) is 4.22. The van der Waals surface area contributed by atoms with Crippen molar-refractivity contribution >= 4 is 29.2 Å². The van der Waals surface area contributed by atoms with Gasteiger partial charge in [0.05, 0.1) is 36.5 Å². The zero-order valence-electron chi connectivity index (χ0n) is 25.5. The summed E-state index contributed by atoms with van der Waals surface area (Å²) in [4.78, 5) is 41.9. The van der Waals surface area contributed by atoms with Crippen LogP contribution >= 0.6 is 0 Å². The minimum absolute atomic E-state index is 0.180. The Balaban J connectivity index is 1.91.